The first-order valence-electron chi connectivity index (χ1n) is 6.54. The number of nitrogens with one attached hydrogen (secondary N) is 1. The van der Waals surface area contributed by atoms with Gasteiger partial charge in [-0.3, -0.25) is 4.99 Å². The quantitative estimate of drug-likeness (QED) is 0.829. The van der Waals surface area contributed by atoms with Gasteiger partial charge in [-0.1, -0.05) is 12.1 Å². The zero-order valence-electron chi connectivity index (χ0n) is 11.7. The van der Waals surface area contributed by atoms with Crippen LogP contribution in [0.5, 0.6) is 0 Å². The van der Waals surface area contributed by atoms with E-state index in [-0.39, 0.29) is 4.90 Å². The maximum absolute atomic E-state index is 12.1. The van der Waals surface area contributed by atoms with Crippen molar-refractivity contribution in [1.82, 2.24) is 4.72 Å². The molecular formula is C13H19N3O3S. The van der Waals surface area contributed by atoms with E-state index in [1.165, 1.54) is 0 Å². The molecule has 0 unspecified atom stereocenters. The molecule has 20 heavy (non-hydrogen) atoms. The van der Waals surface area contributed by atoms with Crippen LogP contribution < -0.4 is 9.62 Å². The number of nitrogens with zero attached hydrogens (tertiary/aromatic N) is 2. The van der Waals surface area contributed by atoms with Crippen LogP contribution in [0.2, 0.25) is 0 Å². The van der Waals surface area contributed by atoms with Gasteiger partial charge >= 0.3 is 0 Å². The third-order valence-corrected chi connectivity index (χ3v) is 4.35. The molecule has 0 radical (unpaired) electrons. The number of para-hydroxylation sites is 1. The van der Waals surface area contributed by atoms with Crippen LogP contribution in [-0.4, -0.2) is 41.2 Å². The third-order valence-electron chi connectivity index (χ3n) is 2.97. The van der Waals surface area contributed by atoms with Gasteiger partial charge in [-0.2, -0.15) is 0 Å². The Morgan fingerprint density at radius 1 is 1.35 bits per heavy atom. The summed E-state index contributed by atoms with van der Waals surface area (Å²) < 4.78 is 32.0. The average molecular weight is 297 g/mol. The van der Waals surface area contributed by atoms with Crippen LogP contribution in [0.4, 0.5) is 5.69 Å². The number of rotatable bonds is 5. The molecule has 0 spiro atoms. The highest BCUT2D eigenvalue weighted by Gasteiger charge is 2.29. The van der Waals surface area contributed by atoms with Gasteiger partial charge in [0, 0.05) is 26.8 Å². The summed E-state index contributed by atoms with van der Waals surface area (Å²) in [7, 11) is -1.73. The Labute approximate surface area is 119 Å². The Morgan fingerprint density at radius 3 is 2.85 bits per heavy atom. The Kier molecular flexibility index (Phi) is 4.61. The van der Waals surface area contributed by atoms with E-state index in [1.807, 2.05) is 13.0 Å². The molecule has 1 aromatic carbocycles. The second-order valence-electron chi connectivity index (χ2n) is 4.39. The highest BCUT2D eigenvalue weighted by molar-refractivity contribution is 7.90. The second kappa shape index (κ2) is 6.23. The number of hydrogen-bond donors (Lipinski definition) is 1. The van der Waals surface area contributed by atoms with Crippen molar-refractivity contribution in [3.05, 3.63) is 24.3 Å². The zero-order chi connectivity index (χ0) is 14.6. The topological polar surface area (TPSA) is 71.0 Å². The summed E-state index contributed by atoms with van der Waals surface area (Å²) in [4.78, 5) is 6.32. The molecule has 0 amide bonds. The van der Waals surface area contributed by atoms with Crippen LogP contribution in [0.25, 0.3) is 0 Å². The zero-order valence-corrected chi connectivity index (χ0v) is 12.5. The fourth-order valence-corrected chi connectivity index (χ4v) is 3.24. The van der Waals surface area contributed by atoms with Crippen molar-refractivity contribution in [2.75, 3.05) is 31.7 Å². The van der Waals surface area contributed by atoms with Gasteiger partial charge in [0.1, 0.15) is 4.90 Å². The number of anilines is 1. The highest BCUT2D eigenvalue weighted by atomic mass is 32.2. The summed E-state index contributed by atoms with van der Waals surface area (Å²) in [6, 6.07) is 6.86. The van der Waals surface area contributed by atoms with Gasteiger partial charge in [0.2, 0.25) is 5.96 Å². The number of fused-ring (bicyclic) bond motifs is 1. The molecule has 1 heterocycles. The van der Waals surface area contributed by atoms with E-state index < -0.39 is 10.0 Å². The molecule has 0 aliphatic carbocycles. The molecule has 2 rings (SSSR count). The lowest BCUT2D eigenvalue weighted by molar-refractivity contribution is 0.146. The molecule has 0 saturated heterocycles. The largest absolute Gasteiger partial charge is 0.382 e. The Balaban J connectivity index is 2.16. The minimum Gasteiger partial charge on any atom is -0.382 e. The molecule has 110 valence electrons. The Morgan fingerprint density at radius 2 is 2.10 bits per heavy atom. The van der Waals surface area contributed by atoms with Crippen molar-refractivity contribution in [2.45, 2.75) is 18.2 Å². The fourth-order valence-electron chi connectivity index (χ4n) is 1.95. The van der Waals surface area contributed by atoms with Gasteiger partial charge in [0.25, 0.3) is 10.0 Å². The van der Waals surface area contributed by atoms with Crippen LogP contribution >= 0.6 is 0 Å². The number of sulfonamides is 1. The summed E-state index contributed by atoms with van der Waals surface area (Å²) in [5.41, 5.74) is 0.634. The van der Waals surface area contributed by atoms with E-state index in [1.54, 1.807) is 30.1 Å². The molecule has 1 N–H and O–H groups in total. The molecular weight excluding hydrogens is 278 g/mol. The van der Waals surface area contributed by atoms with Crippen molar-refractivity contribution in [2.24, 2.45) is 4.99 Å². The van der Waals surface area contributed by atoms with E-state index in [0.717, 1.165) is 6.42 Å². The molecule has 0 bridgehead atoms. The predicted octanol–water partition coefficient (Wildman–Crippen LogP) is 1.20. The first-order chi connectivity index (χ1) is 9.56. The number of hydrogen-bond acceptors (Lipinski definition) is 4. The fraction of sp³-hybridized carbons (Fsp3) is 0.462. The van der Waals surface area contributed by atoms with E-state index in [2.05, 4.69) is 9.71 Å². The second-order valence-corrected chi connectivity index (χ2v) is 6.04. The molecule has 0 atom stereocenters. The molecule has 0 aromatic heterocycles. The molecule has 0 fully saturated rings. The summed E-state index contributed by atoms with van der Waals surface area (Å²) in [6.07, 6.45) is 0.758. The van der Waals surface area contributed by atoms with E-state index >= 15 is 0 Å². The van der Waals surface area contributed by atoms with Gasteiger partial charge in [0.05, 0.1) is 5.69 Å². The summed E-state index contributed by atoms with van der Waals surface area (Å²) in [5, 5.41) is 0. The van der Waals surface area contributed by atoms with Gasteiger partial charge in [-0.15, -0.1) is 0 Å². The van der Waals surface area contributed by atoms with Crippen LogP contribution in [0, 0.1) is 0 Å². The van der Waals surface area contributed by atoms with E-state index in [0.29, 0.717) is 31.4 Å². The molecule has 0 saturated carbocycles. The summed E-state index contributed by atoms with van der Waals surface area (Å²) >= 11 is 0. The lowest BCUT2D eigenvalue weighted by Gasteiger charge is -2.29. The normalized spacial score (nSPS) is 18.7. The predicted molar refractivity (Wildman–Crippen MR) is 78.6 cm³/mol. The van der Waals surface area contributed by atoms with Crippen molar-refractivity contribution in [3.8, 4) is 0 Å². The van der Waals surface area contributed by atoms with Gasteiger partial charge in [-0.25, -0.2) is 13.1 Å². The lowest BCUT2D eigenvalue weighted by Crippen LogP contribution is -2.47. The molecule has 1 aromatic rings. The highest BCUT2D eigenvalue weighted by Crippen LogP contribution is 2.27. The first kappa shape index (κ1) is 14.8. The third kappa shape index (κ3) is 3.10. The van der Waals surface area contributed by atoms with E-state index in [4.69, 9.17) is 4.74 Å². The monoisotopic (exact) mass is 297 g/mol. The average Bonchev–Trinajstić information content (AvgIpc) is 2.44. The van der Waals surface area contributed by atoms with Crippen LogP contribution in [-0.2, 0) is 14.8 Å². The van der Waals surface area contributed by atoms with Crippen molar-refractivity contribution in [3.63, 3.8) is 0 Å². The van der Waals surface area contributed by atoms with Crippen LogP contribution in [0.15, 0.2) is 34.2 Å². The lowest BCUT2D eigenvalue weighted by atomic mass is 10.3. The van der Waals surface area contributed by atoms with Crippen molar-refractivity contribution < 1.29 is 13.2 Å². The summed E-state index contributed by atoms with van der Waals surface area (Å²) in [6.45, 7) is 3.76. The van der Waals surface area contributed by atoms with Crippen LogP contribution in [0.3, 0.4) is 0 Å². The standard InChI is InChI=1S/C13H19N3O3S/c1-3-19-10-6-9-14-13-15-20(17,18)12-8-5-4-7-11(12)16(13)2/h4-5,7-8H,3,6,9-10H2,1-2H3,(H,14,15). The molecule has 1 aliphatic heterocycles. The number of ether oxygens (including phenoxy) is 1. The number of aliphatic imine (C=N–C) groups is 1. The Bertz CT molecular complexity index is 599. The first-order valence-corrected chi connectivity index (χ1v) is 8.02. The SMILES string of the molecule is CCOCCCN=C1NS(=O)(=O)c2ccccc2N1C. The van der Waals surface area contributed by atoms with Crippen molar-refractivity contribution in [1.29, 1.82) is 0 Å². The molecule has 1 aliphatic rings. The van der Waals surface area contributed by atoms with Gasteiger partial charge in [-0.05, 0) is 25.5 Å². The van der Waals surface area contributed by atoms with Gasteiger partial charge in [0.15, 0.2) is 0 Å². The Hall–Kier alpha value is -1.60. The van der Waals surface area contributed by atoms with Crippen LogP contribution in [0.1, 0.15) is 13.3 Å². The summed E-state index contributed by atoms with van der Waals surface area (Å²) in [5.74, 6) is 0.347. The minimum absolute atomic E-state index is 0.274. The maximum atomic E-state index is 12.1. The van der Waals surface area contributed by atoms with E-state index in [9.17, 15) is 8.42 Å². The minimum atomic E-state index is -3.53. The van der Waals surface area contributed by atoms with Gasteiger partial charge < -0.3 is 9.64 Å². The maximum Gasteiger partial charge on any atom is 0.266 e. The molecule has 7 heteroatoms. The number of benzene rings is 1. The molecule has 6 nitrogen and oxygen atoms in total. The van der Waals surface area contributed by atoms with Crippen molar-refractivity contribution >= 4 is 21.7 Å². The smallest absolute Gasteiger partial charge is 0.266 e. The number of guanidine groups is 1.